The second-order valence-corrected chi connectivity index (χ2v) is 6.03. The highest BCUT2D eigenvalue weighted by Crippen LogP contribution is 2.24. The van der Waals surface area contributed by atoms with Gasteiger partial charge in [-0.15, -0.1) is 0 Å². The molecule has 0 unspecified atom stereocenters. The van der Waals surface area contributed by atoms with E-state index in [1.54, 1.807) is 0 Å². The third-order valence-electron chi connectivity index (χ3n) is 4.41. The number of rotatable bonds is 4. The van der Waals surface area contributed by atoms with Crippen molar-refractivity contribution >= 4 is 17.6 Å². The molecule has 2 aromatic rings. The Kier molecular flexibility index (Phi) is 5.30. The van der Waals surface area contributed by atoms with Crippen molar-refractivity contribution in [3.8, 4) is 0 Å². The number of para-hydroxylation sites is 1. The standard InChI is InChI=1S/C19H22N4O2/c20-19(25)21-18(24)17(15-7-3-1-4-8-15)23-13-11-22(12-14-23)16-9-5-2-6-10-16/h1-10,17H,11-14H2,(H3,20,21,24,25)/t17-/m1/s1. The molecule has 25 heavy (non-hydrogen) atoms. The van der Waals surface area contributed by atoms with Crippen LogP contribution in [0.4, 0.5) is 10.5 Å². The summed E-state index contributed by atoms with van der Waals surface area (Å²) in [6.45, 7) is 3.08. The molecule has 0 bridgehead atoms. The number of anilines is 1. The minimum absolute atomic E-state index is 0.383. The van der Waals surface area contributed by atoms with Gasteiger partial charge in [0, 0.05) is 31.9 Å². The molecule has 0 saturated carbocycles. The summed E-state index contributed by atoms with van der Waals surface area (Å²) in [6.07, 6.45) is 0. The van der Waals surface area contributed by atoms with Gasteiger partial charge in [0.15, 0.2) is 0 Å². The molecule has 3 rings (SSSR count). The smallest absolute Gasteiger partial charge is 0.318 e. The molecule has 130 valence electrons. The van der Waals surface area contributed by atoms with Crippen molar-refractivity contribution in [1.29, 1.82) is 0 Å². The molecule has 1 atom stereocenters. The molecule has 3 N–H and O–H groups in total. The number of nitrogens with zero attached hydrogens (tertiary/aromatic N) is 2. The van der Waals surface area contributed by atoms with Gasteiger partial charge >= 0.3 is 6.03 Å². The van der Waals surface area contributed by atoms with Crippen LogP contribution in [-0.4, -0.2) is 43.0 Å². The number of amides is 3. The maximum Gasteiger partial charge on any atom is 0.318 e. The van der Waals surface area contributed by atoms with Crippen molar-refractivity contribution in [1.82, 2.24) is 10.2 Å². The third kappa shape index (κ3) is 4.16. The quantitative estimate of drug-likeness (QED) is 0.890. The van der Waals surface area contributed by atoms with E-state index in [9.17, 15) is 9.59 Å². The summed E-state index contributed by atoms with van der Waals surface area (Å²) >= 11 is 0. The normalized spacial score (nSPS) is 16.2. The highest BCUT2D eigenvalue weighted by molar-refractivity contribution is 5.96. The Morgan fingerprint density at radius 3 is 2.00 bits per heavy atom. The Morgan fingerprint density at radius 1 is 0.880 bits per heavy atom. The molecular weight excluding hydrogens is 316 g/mol. The molecule has 3 amide bonds. The maximum atomic E-state index is 12.5. The van der Waals surface area contributed by atoms with Gasteiger partial charge in [-0.25, -0.2) is 4.79 Å². The van der Waals surface area contributed by atoms with E-state index in [2.05, 4.69) is 27.2 Å². The summed E-state index contributed by atoms with van der Waals surface area (Å²) < 4.78 is 0. The number of piperazine rings is 1. The van der Waals surface area contributed by atoms with E-state index in [-0.39, 0.29) is 5.91 Å². The fourth-order valence-corrected chi connectivity index (χ4v) is 3.23. The molecule has 6 heteroatoms. The van der Waals surface area contributed by atoms with Crippen molar-refractivity contribution in [3.05, 3.63) is 66.2 Å². The SMILES string of the molecule is NC(=O)NC(=O)[C@@H](c1ccccc1)N1CCN(c2ccccc2)CC1. The molecule has 1 heterocycles. The van der Waals surface area contributed by atoms with Gasteiger partial charge in [-0.05, 0) is 17.7 Å². The van der Waals surface area contributed by atoms with Crippen LogP contribution in [0, 0.1) is 0 Å². The zero-order chi connectivity index (χ0) is 17.6. The summed E-state index contributed by atoms with van der Waals surface area (Å²) in [5.41, 5.74) is 7.18. The lowest BCUT2D eigenvalue weighted by molar-refractivity contribution is -0.125. The lowest BCUT2D eigenvalue weighted by atomic mass is 10.0. The average Bonchev–Trinajstić information content (AvgIpc) is 2.63. The first-order valence-electron chi connectivity index (χ1n) is 8.34. The topological polar surface area (TPSA) is 78.7 Å². The minimum Gasteiger partial charge on any atom is -0.369 e. The molecule has 0 spiro atoms. The van der Waals surface area contributed by atoms with Gasteiger partial charge in [0.1, 0.15) is 6.04 Å². The monoisotopic (exact) mass is 338 g/mol. The Labute approximate surface area is 147 Å². The van der Waals surface area contributed by atoms with Crippen LogP contribution in [0.15, 0.2) is 60.7 Å². The van der Waals surface area contributed by atoms with Crippen LogP contribution < -0.4 is 16.0 Å². The van der Waals surface area contributed by atoms with E-state index in [4.69, 9.17) is 5.73 Å². The Balaban J connectivity index is 1.74. The largest absolute Gasteiger partial charge is 0.369 e. The van der Waals surface area contributed by atoms with Crippen molar-refractivity contribution in [2.24, 2.45) is 5.73 Å². The molecular formula is C19H22N4O2. The van der Waals surface area contributed by atoms with Crippen LogP contribution in [0.5, 0.6) is 0 Å². The van der Waals surface area contributed by atoms with Crippen molar-refractivity contribution in [2.75, 3.05) is 31.1 Å². The second-order valence-electron chi connectivity index (χ2n) is 6.03. The van der Waals surface area contributed by atoms with Crippen molar-refractivity contribution in [2.45, 2.75) is 6.04 Å². The lowest BCUT2D eigenvalue weighted by Crippen LogP contribution is -2.52. The maximum absolute atomic E-state index is 12.5. The van der Waals surface area contributed by atoms with Crippen LogP contribution in [0.25, 0.3) is 0 Å². The number of hydrogen-bond donors (Lipinski definition) is 2. The van der Waals surface area contributed by atoms with Crippen LogP contribution in [0.2, 0.25) is 0 Å². The number of nitrogens with two attached hydrogens (primary N) is 1. The number of nitrogens with one attached hydrogen (secondary N) is 1. The molecule has 1 aliphatic rings. The van der Waals surface area contributed by atoms with Gasteiger partial charge in [0.25, 0.3) is 0 Å². The van der Waals surface area contributed by atoms with Gasteiger partial charge in [-0.1, -0.05) is 48.5 Å². The Morgan fingerprint density at radius 2 is 1.44 bits per heavy atom. The highest BCUT2D eigenvalue weighted by Gasteiger charge is 2.31. The predicted molar refractivity (Wildman–Crippen MR) is 97.1 cm³/mol. The van der Waals surface area contributed by atoms with E-state index in [1.807, 2.05) is 48.5 Å². The molecule has 0 aromatic heterocycles. The molecule has 1 aliphatic heterocycles. The van der Waals surface area contributed by atoms with Gasteiger partial charge in [0.05, 0.1) is 0 Å². The molecule has 2 aromatic carbocycles. The number of carbonyl (C=O) groups excluding carboxylic acids is 2. The number of urea groups is 1. The number of benzene rings is 2. The first-order chi connectivity index (χ1) is 12.1. The summed E-state index contributed by atoms with van der Waals surface area (Å²) in [5, 5.41) is 2.23. The van der Waals surface area contributed by atoms with Crippen LogP contribution in [-0.2, 0) is 4.79 Å². The Bertz CT molecular complexity index is 713. The third-order valence-corrected chi connectivity index (χ3v) is 4.41. The fraction of sp³-hybridized carbons (Fsp3) is 0.263. The lowest BCUT2D eigenvalue weighted by Gasteiger charge is -2.39. The van der Waals surface area contributed by atoms with Crippen LogP contribution in [0.3, 0.4) is 0 Å². The summed E-state index contributed by atoms with van der Waals surface area (Å²) in [4.78, 5) is 28.1. The highest BCUT2D eigenvalue weighted by atomic mass is 16.2. The summed E-state index contributed by atoms with van der Waals surface area (Å²) in [7, 11) is 0. The van der Waals surface area contributed by atoms with E-state index in [1.165, 1.54) is 5.69 Å². The van der Waals surface area contributed by atoms with Crippen molar-refractivity contribution < 1.29 is 9.59 Å². The van der Waals surface area contributed by atoms with Crippen molar-refractivity contribution in [3.63, 3.8) is 0 Å². The van der Waals surface area contributed by atoms with Gasteiger partial charge < -0.3 is 10.6 Å². The summed E-state index contributed by atoms with van der Waals surface area (Å²) in [5.74, 6) is -0.383. The Hall–Kier alpha value is -2.86. The first kappa shape index (κ1) is 17.0. The van der Waals surface area contributed by atoms with Gasteiger partial charge in [0.2, 0.25) is 5.91 Å². The predicted octanol–water partition coefficient (Wildman–Crippen LogP) is 1.74. The first-order valence-corrected chi connectivity index (χ1v) is 8.34. The van der Waals surface area contributed by atoms with E-state index in [0.717, 1.165) is 31.7 Å². The number of primary amides is 1. The number of carbonyl (C=O) groups is 2. The van der Waals surface area contributed by atoms with E-state index >= 15 is 0 Å². The minimum atomic E-state index is -0.825. The average molecular weight is 338 g/mol. The van der Waals surface area contributed by atoms with Crippen LogP contribution in [0.1, 0.15) is 11.6 Å². The molecule has 6 nitrogen and oxygen atoms in total. The number of imide groups is 1. The second kappa shape index (κ2) is 7.81. The zero-order valence-corrected chi connectivity index (χ0v) is 14.0. The van der Waals surface area contributed by atoms with Crippen LogP contribution >= 0.6 is 0 Å². The van der Waals surface area contributed by atoms with Gasteiger partial charge in [-0.2, -0.15) is 0 Å². The molecule has 0 radical (unpaired) electrons. The van der Waals surface area contributed by atoms with Gasteiger partial charge in [-0.3, -0.25) is 15.0 Å². The van der Waals surface area contributed by atoms with E-state index in [0.29, 0.717) is 0 Å². The molecule has 1 fully saturated rings. The zero-order valence-electron chi connectivity index (χ0n) is 14.0. The summed E-state index contributed by atoms with van der Waals surface area (Å²) in [6, 6.07) is 18.3. The van der Waals surface area contributed by atoms with E-state index < -0.39 is 12.1 Å². The molecule has 1 saturated heterocycles. The number of hydrogen-bond acceptors (Lipinski definition) is 4. The fourth-order valence-electron chi connectivity index (χ4n) is 3.23. The molecule has 0 aliphatic carbocycles.